The van der Waals surface area contributed by atoms with E-state index in [0.29, 0.717) is 12.0 Å². The fourth-order valence-electron chi connectivity index (χ4n) is 1.93. The minimum absolute atomic E-state index is 0.0917. The van der Waals surface area contributed by atoms with Gasteiger partial charge in [0, 0.05) is 0 Å². The van der Waals surface area contributed by atoms with Crippen LogP contribution in [0.3, 0.4) is 0 Å². The summed E-state index contributed by atoms with van der Waals surface area (Å²) in [7, 11) is 3.85. The SMILES string of the molecule is CCC(C)(C(=O)OCCCC1(C)CC1)N(C)C. The summed E-state index contributed by atoms with van der Waals surface area (Å²) in [4.78, 5) is 14.0. The molecule has 1 aliphatic rings. The highest BCUT2D eigenvalue weighted by Gasteiger charge is 2.37. The maximum Gasteiger partial charge on any atom is 0.326 e. The number of ether oxygens (including phenoxy) is 1. The summed E-state index contributed by atoms with van der Waals surface area (Å²) < 4.78 is 5.40. The van der Waals surface area contributed by atoms with Gasteiger partial charge in [0.1, 0.15) is 5.54 Å². The summed E-state index contributed by atoms with van der Waals surface area (Å²) in [5, 5.41) is 0. The van der Waals surface area contributed by atoms with E-state index in [4.69, 9.17) is 4.74 Å². The Labute approximate surface area is 106 Å². The van der Waals surface area contributed by atoms with Crippen LogP contribution in [-0.2, 0) is 9.53 Å². The molecule has 1 atom stereocenters. The number of esters is 1. The normalized spacial score (nSPS) is 21.1. The Hall–Kier alpha value is -0.570. The van der Waals surface area contributed by atoms with Crippen molar-refractivity contribution in [1.29, 1.82) is 0 Å². The second-order valence-electron chi connectivity index (χ2n) is 6.07. The van der Waals surface area contributed by atoms with Gasteiger partial charge in [0.15, 0.2) is 0 Å². The van der Waals surface area contributed by atoms with Crippen LogP contribution in [0.4, 0.5) is 0 Å². The molecule has 1 fully saturated rings. The number of likely N-dealkylation sites (N-methyl/N-ethyl adjacent to an activating group) is 1. The average Bonchev–Trinajstić information content (AvgIpc) is 3.01. The van der Waals surface area contributed by atoms with Gasteiger partial charge in [-0.05, 0) is 58.5 Å². The molecular formula is C14H27NO2. The Morgan fingerprint density at radius 1 is 1.41 bits per heavy atom. The topological polar surface area (TPSA) is 29.5 Å². The minimum Gasteiger partial charge on any atom is -0.464 e. The molecule has 1 saturated carbocycles. The van der Waals surface area contributed by atoms with Crippen LogP contribution in [0.2, 0.25) is 0 Å². The van der Waals surface area contributed by atoms with Crippen molar-refractivity contribution in [3.8, 4) is 0 Å². The van der Waals surface area contributed by atoms with Crippen LogP contribution in [0.25, 0.3) is 0 Å². The second kappa shape index (κ2) is 5.38. The first-order chi connectivity index (χ1) is 7.84. The number of carbonyl (C=O) groups excluding carboxylic acids is 1. The van der Waals surface area contributed by atoms with Crippen molar-refractivity contribution in [2.24, 2.45) is 5.41 Å². The molecular weight excluding hydrogens is 214 g/mol. The largest absolute Gasteiger partial charge is 0.464 e. The van der Waals surface area contributed by atoms with Gasteiger partial charge in [-0.3, -0.25) is 9.69 Å². The lowest BCUT2D eigenvalue weighted by molar-refractivity contribution is -0.156. The third-order valence-electron chi connectivity index (χ3n) is 4.38. The fourth-order valence-corrected chi connectivity index (χ4v) is 1.93. The van der Waals surface area contributed by atoms with Gasteiger partial charge in [0.25, 0.3) is 0 Å². The van der Waals surface area contributed by atoms with Crippen LogP contribution in [0.5, 0.6) is 0 Å². The molecule has 0 radical (unpaired) electrons. The van der Waals surface area contributed by atoms with Crippen molar-refractivity contribution in [3.63, 3.8) is 0 Å². The molecule has 0 bridgehead atoms. The van der Waals surface area contributed by atoms with Crippen molar-refractivity contribution in [2.75, 3.05) is 20.7 Å². The van der Waals surface area contributed by atoms with Gasteiger partial charge in [-0.2, -0.15) is 0 Å². The molecule has 0 N–H and O–H groups in total. The molecule has 3 heteroatoms. The third-order valence-corrected chi connectivity index (χ3v) is 4.38. The zero-order valence-corrected chi connectivity index (χ0v) is 12.0. The lowest BCUT2D eigenvalue weighted by Gasteiger charge is -2.32. The summed E-state index contributed by atoms with van der Waals surface area (Å²) in [5.74, 6) is -0.0917. The van der Waals surface area contributed by atoms with Gasteiger partial charge >= 0.3 is 5.97 Å². The molecule has 0 aliphatic heterocycles. The molecule has 0 heterocycles. The van der Waals surface area contributed by atoms with E-state index in [0.717, 1.165) is 12.8 Å². The molecule has 1 aliphatic carbocycles. The number of hydrogen-bond donors (Lipinski definition) is 0. The molecule has 0 saturated heterocycles. The fraction of sp³-hybridized carbons (Fsp3) is 0.929. The van der Waals surface area contributed by atoms with Crippen molar-refractivity contribution < 1.29 is 9.53 Å². The molecule has 17 heavy (non-hydrogen) atoms. The van der Waals surface area contributed by atoms with E-state index in [1.165, 1.54) is 19.3 Å². The van der Waals surface area contributed by atoms with Crippen molar-refractivity contribution in [3.05, 3.63) is 0 Å². The number of rotatable bonds is 7. The molecule has 3 nitrogen and oxygen atoms in total. The van der Waals surface area contributed by atoms with Crippen LogP contribution in [-0.4, -0.2) is 37.1 Å². The first-order valence-electron chi connectivity index (χ1n) is 6.69. The van der Waals surface area contributed by atoms with E-state index in [-0.39, 0.29) is 5.97 Å². The number of nitrogens with zero attached hydrogens (tertiary/aromatic N) is 1. The van der Waals surface area contributed by atoms with Gasteiger partial charge in [-0.1, -0.05) is 13.8 Å². The minimum atomic E-state index is -0.483. The second-order valence-corrected chi connectivity index (χ2v) is 6.07. The molecule has 1 unspecified atom stereocenters. The Bertz CT molecular complexity index is 271. The van der Waals surface area contributed by atoms with E-state index < -0.39 is 5.54 Å². The van der Waals surface area contributed by atoms with E-state index in [9.17, 15) is 4.79 Å². The zero-order valence-electron chi connectivity index (χ0n) is 12.0. The lowest BCUT2D eigenvalue weighted by Crippen LogP contribution is -2.49. The van der Waals surface area contributed by atoms with E-state index in [1.54, 1.807) is 0 Å². The van der Waals surface area contributed by atoms with E-state index in [1.807, 2.05) is 32.8 Å². The molecule has 0 aromatic heterocycles. The van der Waals surface area contributed by atoms with Gasteiger partial charge in [-0.25, -0.2) is 0 Å². The Morgan fingerprint density at radius 2 is 2.00 bits per heavy atom. The zero-order chi connectivity index (χ0) is 13.1. The van der Waals surface area contributed by atoms with Gasteiger partial charge in [-0.15, -0.1) is 0 Å². The number of carbonyl (C=O) groups is 1. The van der Waals surface area contributed by atoms with Gasteiger partial charge in [0.05, 0.1) is 6.61 Å². The van der Waals surface area contributed by atoms with Gasteiger partial charge in [0.2, 0.25) is 0 Å². The quantitative estimate of drug-likeness (QED) is 0.507. The number of hydrogen-bond acceptors (Lipinski definition) is 3. The van der Waals surface area contributed by atoms with Crippen molar-refractivity contribution >= 4 is 5.97 Å². The van der Waals surface area contributed by atoms with Crippen LogP contribution in [0.15, 0.2) is 0 Å². The van der Waals surface area contributed by atoms with Crippen LogP contribution >= 0.6 is 0 Å². The molecule has 0 aromatic rings. The predicted molar refractivity (Wildman–Crippen MR) is 69.9 cm³/mol. The molecule has 1 rings (SSSR count). The Kier molecular flexibility index (Phi) is 4.59. The van der Waals surface area contributed by atoms with E-state index >= 15 is 0 Å². The summed E-state index contributed by atoms with van der Waals surface area (Å²) in [6.45, 7) is 6.84. The monoisotopic (exact) mass is 241 g/mol. The predicted octanol–water partition coefficient (Wildman–Crippen LogP) is 2.84. The summed E-state index contributed by atoms with van der Waals surface area (Å²) in [5.41, 5.74) is 0.0749. The highest BCUT2D eigenvalue weighted by molar-refractivity contribution is 5.80. The van der Waals surface area contributed by atoms with Crippen LogP contribution in [0.1, 0.15) is 52.9 Å². The maximum absolute atomic E-state index is 12.0. The lowest BCUT2D eigenvalue weighted by atomic mass is 9.98. The van der Waals surface area contributed by atoms with Gasteiger partial charge < -0.3 is 4.74 Å². The van der Waals surface area contributed by atoms with Crippen LogP contribution < -0.4 is 0 Å². The van der Waals surface area contributed by atoms with Crippen LogP contribution in [0, 0.1) is 5.41 Å². The van der Waals surface area contributed by atoms with Crippen molar-refractivity contribution in [2.45, 2.75) is 58.4 Å². The smallest absolute Gasteiger partial charge is 0.326 e. The summed E-state index contributed by atoms with van der Waals surface area (Å²) >= 11 is 0. The first kappa shape index (κ1) is 14.5. The standard InChI is InChI=1S/C14H27NO2/c1-6-14(3,15(4)5)12(16)17-11-7-8-13(2)9-10-13/h6-11H2,1-5H3. The molecule has 0 amide bonds. The first-order valence-corrected chi connectivity index (χ1v) is 6.69. The Balaban J connectivity index is 2.27. The third kappa shape index (κ3) is 3.70. The highest BCUT2D eigenvalue weighted by atomic mass is 16.5. The summed E-state index contributed by atoms with van der Waals surface area (Å²) in [6.07, 6.45) is 5.63. The van der Waals surface area contributed by atoms with Crippen molar-refractivity contribution in [1.82, 2.24) is 4.90 Å². The maximum atomic E-state index is 12.0. The average molecular weight is 241 g/mol. The van der Waals surface area contributed by atoms with E-state index in [2.05, 4.69) is 6.92 Å². The summed E-state index contributed by atoms with van der Waals surface area (Å²) in [6, 6.07) is 0. The Morgan fingerprint density at radius 3 is 2.41 bits per heavy atom. The molecule has 0 aromatic carbocycles. The molecule has 0 spiro atoms. The highest BCUT2D eigenvalue weighted by Crippen LogP contribution is 2.48. The molecule has 100 valence electrons.